The van der Waals surface area contributed by atoms with E-state index >= 15 is 0 Å². The molecule has 0 heterocycles. The fourth-order valence-corrected chi connectivity index (χ4v) is 1.67. The first-order valence-corrected chi connectivity index (χ1v) is 6.80. The van der Waals surface area contributed by atoms with Gasteiger partial charge >= 0.3 is 6.18 Å². The van der Waals surface area contributed by atoms with E-state index in [-0.39, 0.29) is 24.2 Å². The minimum atomic E-state index is -5.00. The third-order valence-corrected chi connectivity index (χ3v) is 2.98. The lowest BCUT2D eigenvalue weighted by Gasteiger charge is -2.23. The van der Waals surface area contributed by atoms with Crippen LogP contribution in [0, 0.1) is 0 Å². The topological polar surface area (TPSA) is 91.3 Å². The van der Waals surface area contributed by atoms with Crippen LogP contribution in [0.1, 0.15) is 0 Å². The van der Waals surface area contributed by atoms with E-state index in [0.717, 1.165) is 6.26 Å². The molecule has 96 valence electrons. The van der Waals surface area contributed by atoms with Gasteiger partial charge in [0.05, 0.1) is 0 Å². The summed E-state index contributed by atoms with van der Waals surface area (Å²) in [5.74, 6) is -2.40. The largest absolute Gasteiger partial charge is 0.604 e. The number of rotatable bonds is 6. The Morgan fingerprint density at radius 3 is 2.38 bits per heavy atom. The van der Waals surface area contributed by atoms with E-state index in [2.05, 4.69) is 4.72 Å². The second-order valence-corrected chi connectivity index (χ2v) is 6.11. The van der Waals surface area contributed by atoms with Crippen molar-refractivity contribution >= 4 is 27.6 Å². The zero-order chi connectivity index (χ0) is 13.0. The monoisotopic (exact) mass is 279 g/mol. The molecule has 5 nitrogen and oxygen atoms in total. The molecule has 16 heavy (non-hydrogen) atoms. The molecule has 1 atom stereocenters. The molecular weight excluding hydrogens is 269 g/mol. The molecular formula is C6H10F3N2O3S2-. The molecule has 0 spiro atoms. The van der Waals surface area contributed by atoms with Gasteiger partial charge < -0.3 is 10.5 Å². The van der Waals surface area contributed by atoms with Crippen molar-refractivity contribution in [1.82, 2.24) is 0 Å². The van der Waals surface area contributed by atoms with Gasteiger partial charge in [-0.2, -0.15) is 13.2 Å². The number of hydrogen-bond donors (Lipinski definition) is 1. The summed E-state index contributed by atoms with van der Waals surface area (Å²) < 4.78 is 60.1. The predicted octanol–water partition coefficient (Wildman–Crippen LogP) is 0.469. The molecule has 0 bridgehead atoms. The molecule has 0 aromatic heterocycles. The third-order valence-electron chi connectivity index (χ3n) is 1.28. The molecule has 0 amide bonds. The summed E-state index contributed by atoms with van der Waals surface area (Å²) in [6, 6.07) is 0. The molecule has 2 N–H and O–H groups in total. The molecule has 0 aromatic carbocycles. The molecule has 10 heteroatoms. The van der Waals surface area contributed by atoms with E-state index in [1.807, 2.05) is 0 Å². The maximum Gasteiger partial charge on any atom is 0.452 e. The highest BCUT2D eigenvalue weighted by Gasteiger charge is 2.41. The number of ketones is 1. The zero-order valence-corrected chi connectivity index (χ0v) is 9.82. The van der Waals surface area contributed by atoms with Gasteiger partial charge in [-0.15, -0.1) is 6.54 Å². The average molecular weight is 279 g/mol. The summed E-state index contributed by atoms with van der Waals surface area (Å²) in [7, 11) is -3.23. The number of nitrogens with zero attached hydrogens (tertiary/aromatic N) is 1. The minimum absolute atomic E-state index is 0.206. The quantitative estimate of drug-likeness (QED) is 0.433. The summed E-state index contributed by atoms with van der Waals surface area (Å²) in [6.45, 7) is -0.206. The van der Waals surface area contributed by atoms with E-state index in [9.17, 15) is 26.4 Å². The van der Waals surface area contributed by atoms with E-state index in [1.165, 1.54) is 0 Å². The summed E-state index contributed by atoms with van der Waals surface area (Å²) >= 11 is 0.221. The van der Waals surface area contributed by atoms with Crippen LogP contribution >= 0.6 is 11.9 Å². The van der Waals surface area contributed by atoms with E-state index < -0.39 is 27.2 Å². The normalized spacial score (nSPS) is 14.8. The molecule has 0 aliphatic rings. The summed E-state index contributed by atoms with van der Waals surface area (Å²) in [5.41, 5.74) is 4.90. The van der Waals surface area contributed by atoms with Gasteiger partial charge in [-0.3, -0.25) is 16.7 Å². The van der Waals surface area contributed by atoms with Crippen molar-refractivity contribution in [2.24, 2.45) is 5.73 Å². The van der Waals surface area contributed by atoms with Gasteiger partial charge in [0, 0.05) is 12.0 Å². The van der Waals surface area contributed by atoms with Crippen molar-refractivity contribution < 1.29 is 26.4 Å². The van der Waals surface area contributed by atoms with E-state index in [0.29, 0.717) is 0 Å². The van der Waals surface area contributed by atoms with Crippen molar-refractivity contribution in [3.8, 4) is 0 Å². The Hall–Kier alpha value is -0.320. The van der Waals surface area contributed by atoms with Gasteiger partial charge in [0.2, 0.25) is 0 Å². The molecule has 0 radical (unpaired) electrons. The number of carbonyl (C=O) groups is 1. The number of sulfone groups is 1. The van der Waals surface area contributed by atoms with Crippen molar-refractivity contribution in [1.29, 1.82) is 0 Å². The Morgan fingerprint density at radius 1 is 1.50 bits per heavy atom. The summed E-state index contributed by atoms with van der Waals surface area (Å²) in [5, 5.41) is -1.85. The summed E-state index contributed by atoms with van der Waals surface area (Å²) in [4.78, 5) is 10.5. The fourth-order valence-electron chi connectivity index (χ4n) is 0.545. The van der Waals surface area contributed by atoms with E-state index in [1.54, 1.807) is 0 Å². The van der Waals surface area contributed by atoms with Crippen LogP contribution in [-0.4, -0.2) is 44.3 Å². The molecule has 0 saturated heterocycles. The van der Waals surface area contributed by atoms with Crippen molar-refractivity contribution in [2.45, 2.75) is 11.6 Å². The highest BCUT2D eigenvalue weighted by Crippen LogP contribution is 2.24. The van der Waals surface area contributed by atoms with Crippen LogP contribution in [0.25, 0.3) is 4.72 Å². The number of Topliss-reactive ketones (excluding diaryl/α,β-unsaturated/α-hetero) is 1. The van der Waals surface area contributed by atoms with Crippen LogP contribution in [0.5, 0.6) is 0 Å². The Bertz CT molecular complexity index is 341. The van der Waals surface area contributed by atoms with Crippen LogP contribution in [0.4, 0.5) is 13.2 Å². The average Bonchev–Trinajstić information content (AvgIpc) is 2.07. The van der Waals surface area contributed by atoms with Gasteiger partial charge in [-0.1, -0.05) is 0 Å². The standard InChI is InChI=1S/C6H10F3N2O3S2/c1-16(13,14)3-2-11-15-5(10)4(12)6(7,8)9/h5H,2-3,10H2,1H3/q-1. The molecule has 1 unspecified atom stereocenters. The Balaban J connectivity index is 3.92. The van der Waals surface area contributed by atoms with Gasteiger partial charge in [-0.05, 0) is 0 Å². The first kappa shape index (κ1) is 15.7. The molecule has 0 fully saturated rings. The van der Waals surface area contributed by atoms with Crippen LogP contribution in [0.15, 0.2) is 0 Å². The number of alkyl halides is 3. The molecule has 0 aliphatic carbocycles. The van der Waals surface area contributed by atoms with E-state index in [4.69, 9.17) is 5.73 Å². The lowest BCUT2D eigenvalue weighted by Crippen LogP contribution is -2.38. The Morgan fingerprint density at radius 2 is 2.00 bits per heavy atom. The highest BCUT2D eigenvalue weighted by atomic mass is 32.2. The van der Waals surface area contributed by atoms with Gasteiger partial charge in [0.15, 0.2) is 0 Å². The lowest BCUT2D eigenvalue weighted by molar-refractivity contribution is -0.170. The number of carbonyl (C=O) groups excluding carboxylic acids is 1. The van der Waals surface area contributed by atoms with Gasteiger partial charge in [-0.25, -0.2) is 8.42 Å². The maximum atomic E-state index is 11.8. The van der Waals surface area contributed by atoms with Crippen LogP contribution in [0.3, 0.4) is 0 Å². The van der Waals surface area contributed by atoms with Crippen LogP contribution < -0.4 is 5.73 Å². The van der Waals surface area contributed by atoms with Crippen molar-refractivity contribution in [3.63, 3.8) is 0 Å². The SMILES string of the molecule is CS(=O)(=O)CC[N-]SC(N)C(=O)C(F)(F)F. The second kappa shape index (κ2) is 5.84. The van der Waals surface area contributed by atoms with Crippen LogP contribution in [-0.2, 0) is 14.6 Å². The summed E-state index contributed by atoms with van der Waals surface area (Å²) in [6.07, 6.45) is -4.03. The molecule has 0 aliphatic heterocycles. The molecule has 0 rings (SSSR count). The fraction of sp³-hybridized carbons (Fsp3) is 0.833. The maximum absolute atomic E-state index is 11.8. The third kappa shape index (κ3) is 7.04. The number of hydrogen-bond acceptors (Lipinski definition) is 5. The second-order valence-electron chi connectivity index (χ2n) is 2.87. The van der Waals surface area contributed by atoms with Gasteiger partial charge in [0.1, 0.15) is 15.2 Å². The highest BCUT2D eigenvalue weighted by molar-refractivity contribution is 8.03. The molecule has 0 saturated carbocycles. The Kier molecular flexibility index (Phi) is 5.73. The zero-order valence-electron chi connectivity index (χ0n) is 8.19. The smallest absolute Gasteiger partial charge is 0.452 e. The van der Waals surface area contributed by atoms with Crippen LogP contribution in [0.2, 0.25) is 0 Å². The number of halogens is 3. The lowest BCUT2D eigenvalue weighted by atomic mass is 10.4. The van der Waals surface area contributed by atoms with Crippen molar-refractivity contribution in [3.05, 3.63) is 4.72 Å². The minimum Gasteiger partial charge on any atom is -0.604 e. The first-order chi connectivity index (χ1) is 7.04. The first-order valence-electron chi connectivity index (χ1n) is 3.91. The molecule has 0 aromatic rings. The number of nitrogens with two attached hydrogens (primary N) is 1. The van der Waals surface area contributed by atoms with Gasteiger partial charge in [0.25, 0.3) is 5.78 Å². The van der Waals surface area contributed by atoms with Crippen molar-refractivity contribution in [2.75, 3.05) is 18.6 Å². The Labute approximate surface area is 95.0 Å². The predicted molar refractivity (Wildman–Crippen MR) is 54.6 cm³/mol.